The van der Waals surface area contributed by atoms with Gasteiger partial charge in [-0.05, 0) is 78.4 Å². The van der Waals surface area contributed by atoms with Gasteiger partial charge in [0.05, 0.1) is 23.4 Å². The SMILES string of the molecule is CCOc1cc(C=Nc2ccc([C@@H]3Nc4ccccc4[C@@H]4C=CC[C@@H]43)cc2)cc(Cl)c1OCc1ccc(Cl)cc1Cl. The van der Waals surface area contributed by atoms with Gasteiger partial charge in [-0.3, -0.25) is 4.99 Å². The van der Waals surface area contributed by atoms with Crippen LogP contribution in [0.2, 0.25) is 15.1 Å². The van der Waals surface area contributed by atoms with Gasteiger partial charge < -0.3 is 14.8 Å². The zero-order valence-corrected chi connectivity index (χ0v) is 24.8. The third-order valence-corrected chi connectivity index (χ3v) is 8.47. The van der Waals surface area contributed by atoms with Crippen LogP contribution in [-0.4, -0.2) is 12.8 Å². The molecule has 6 rings (SSSR count). The van der Waals surface area contributed by atoms with Crippen molar-refractivity contribution in [2.75, 3.05) is 11.9 Å². The number of nitrogens with zero attached hydrogens (tertiary/aromatic N) is 1. The van der Waals surface area contributed by atoms with E-state index in [9.17, 15) is 0 Å². The first kappa shape index (κ1) is 27.7. The Labute approximate surface area is 255 Å². The van der Waals surface area contributed by atoms with Crippen LogP contribution in [0.5, 0.6) is 11.5 Å². The van der Waals surface area contributed by atoms with Crippen molar-refractivity contribution < 1.29 is 9.47 Å². The molecule has 0 bridgehead atoms. The van der Waals surface area contributed by atoms with Crippen LogP contribution in [-0.2, 0) is 6.61 Å². The molecule has 2 aliphatic rings. The van der Waals surface area contributed by atoms with E-state index in [-0.39, 0.29) is 12.6 Å². The van der Waals surface area contributed by atoms with Crippen molar-refractivity contribution in [2.45, 2.75) is 31.9 Å². The van der Waals surface area contributed by atoms with Crippen molar-refractivity contribution in [3.05, 3.63) is 128 Å². The van der Waals surface area contributed by atoms with Crippen LogP contribution < -0.4 is 14.8 Å². The third-order valence-electron chi connectivity index (χ3n) is 7.61. The quantitative estimate of drug-likeness (QED) is 0.161. The summed E-state index contributed by atoms with van der Waals surface area (Å²) in [5.41, 5.74) is 6.34. The molecule has 1 aliphatic heterocycles. The maximum absolute atomic E-state index is 6.64. The highest BCUT2D eigenvalue weighted by atomic mass is 35.5. The molecule has 41 heavy (non-hydrogen) atoms. The molecule has 4 aromatic rings. The van der Waals surface area contributed by atoms with Crippen LogP contribution in [0.25, 0.3) is 0 Å². The maximum atomic E-state index is 6.64. The number of para-hydroxylation sites is 1. The van der Waals surface area contributed by atoms with Gasteiger partial charge in [0.25, 0.3) is 0 Å². The van der Waals surface area contributed by atoms with Gasteiger partial charge >= 0.3 is 0 Å². The molecule has 0 saturated carbocycles. The molecule has 0 unspecified atom stereocenters. The molecule has 4 aromatic carbocycles. The van der Waals surface area contributed by atoms with Crippen molar-refractivity contribution >= 4 is 52.4 Å². The summed E-state index contributed by atoms with van der Waals surface area (Å²) in [6.07, 6.45) is 7.54. The molecule has 0 amide bonds. The first-order chi connectivity index (χ1) is 20.0. The average molecular weight is 604 g/mol. The summed E-state index contributed by atoms with van der Waals surface area (Å²) in [6.45, 7) is 2.61. The molecule has 0 spiro atoms. The number of anilines is 1. The molecule has 4 nitrogen and oxygen atoms in total. The Morgan fingerprint density at radius 1 is 0.927 bits per heavy atom. The minimum Gasteiger partial charge on any atom is -0.490 e. The van der Waals surface area contributed by atoms with E-state index >= 15 is 0 Å². The molecule has 1 aliphatic carbocycles. The molecule has 208 valence electrons. The third kappa shape index (κ3) is 5.97. The van der Waals surface area contributed by atoms with Gasteiger partial charge in [-0.15, -0.1) is 0 Å². The molecule has 1 heterocycles. The normalized spacial score (nSPS) is 19.1. The Hall–Kier alpha value is -3.44. The van der Waals surface area contributed by atoms with Crippen molar-refractivity contribution in [3.8, 4) is 11.5 Å². The molecule has 1 N–H and O–H groups in total. The van der Waals surface area contributed by atoms with Gasteiger partial charge in [0.2, 0.25) is 0 Å². The van der Waals surface area contributed by atoms with Crippen LogP contribution in [0.3, 0.4) is 0 Å². The van der Waals surface area contributed by atoms with E-state index < -0.39 is 0 Å². The summed E-state index contributed by atoms with van der Waals surface area (Å²) in [4.78, 5) is 4.71. The van der Waals surface area contributed by atoms with Crippen LogP contribution in [0.4, 0.5) is 11.4 Å². The van der Waals surface area contributed by atoms with E-state index in [1.807, 2.05) is 25.1 Å². The molecular formula is C34H29Cl3N2O2. The van der Waals surface area contributed by atoms with Crippen molar-refractivity contribution in [3.63, 3.8) is 0 Å². The summed E-state index contributed by atoms with van der Waals surface area (Å²) in [5, 5.41) is 5.32. The second-order valence-corrected chi connectivity index (χ2v) is 11.5. The van der Waals surface area contributed by atoms with E-state index in [1.54, 1.807) is 18.3 Å². The van der Waals surface area contributed by atoms with Gasteiger partial charge in [-0.25, -0.2) is 0 Å². The monoisotopic (exact) mass is 602 g/mol. The first-order valence-corrected chi connectivity index (χ1v) is 14.8. The zero-order chi connectivity index (χ0) is 28.3. The number of allylic oxidation sites excluding steroid dienone is 2. The Balaban J connectivity index is 1.18. The van der Waals surface area contributed by atoms with E-state index in [4.69, 9.17) is 49.3 Å². The highest BCUT2D eigenvalue weighted by Crippen LogP contribution is 2.49. The number of halogens is 3. The van der Waals surface area contributed by atoms with Gasteiger partial charge in [-0.2, -0.15) is 0 Å². The Kier molecular flexibility index (Phi) is 8.25. The van der Waals surface area contributed by atoms with Crippen LogP contribution >= 0.6 is 34.8 Å². The summed E-state index contributed by atoms with van der Waals surface area (Å²) in [5.74, 6) is 1.97. The average Bonchev–Trinajstić information content (AvgIpc) is 3.47. The predicted molar refractivity (Wildman–Crippen MR) is 170 cm³/mol. The van der Waals surface area contributed by atoms with E-state index in [0.717, 1.165) is 23.2 Å². The zero-order valence-electron chi connectivity index (χ0n) is 22.5. The Bertz CT molecular complexity index is 1620. The predicted octanol–water partition coefficient (Wildman–Crippen LogP) is 10.2. The van der Waals surface area contributed by atoms with E-state index in [2.05, 4.69) is 66.0 Å². The summed E-state index contributed by atoms with van der Waals surface area (Å²) < 4.78 is 11.9. The molecule has 0 radical (unpaired) electrons. The highest BCUT2D eigenvalue weighted by Gasteiger charge is 2.37. The summed E-state index contributed by atoms with van der Waals surface area (Å²) in [6, 6.07) is 26.3. The second-order valence-electron chi connectivity index (χ2n) is 10.2. The lowest BCUT2D eigenvalue weighted by Crippen LogP contribution is -2.28. The number of rotatable bonds is 8. The summed E-state index contributed by atoms with van der Waals surface area (Å²) >= 11 is 19.0. The molecule has 7 heteroatoms. The fraction of sp³-hybridized carbons (Fsp3) is 0.206. The number of aliphatic imine (C=N–C) groups is 1. The van der Waals surface area contributed by atoms with Crippen LogP contribution in [0, 0.1) is 5.92 Å². The molecule has 0 aromatic heterocycles. The van der Waals surface area contributed by atoms with Crippen molar-refractivity contribution in [1.29, 1.82) is 0 Å². The minimum atomic E-state index is 0.231. The van der Waals surface area contributed by atoms with E-state index in [1.165, 1.54) is 16.8 Å². The first-order valence-electron chi connectivity index (χ1n) is 13.7. The molecule has 0 fully saturated rings. The second kappa shape index (κ2) is 12.2. The fourth-order valence-electron chi connectivity index (χ4n) is 5.64. The topological polar surface area (TPSA) is 42.8 Å². The lowest BCUT2D eigenvalue weighted by molar-refractivity contribution is 0.269. The number of fused-ring (bicyclic) bond motifs is 3. The largest absolute Gasteiger partial charge is 0.490 e. The standard InChI is InChI=1S/C34H29Cl3N2O2/c1-2-40-32-17-21(16-30(37)34(32)41-20-23-10-13-24(35)18-29(23)36)19-38-25-14-11-22(12-15-25)33-28-8-5-7-26(28)27-6-3-4-9-31(27)39-33/h3-7,9-19,26,28,33,39H,2,8,20H2,1H3/t26-,28-,33-/m0/s1. The molecule has 0 saturated heterocycles. The maximum Gasteiger partial charge on any atom is 0.180 e. The number of benzene rings is 4. The van der Waals surface area contributed by atoms with Gasteiger partial charge in [0.1, 0.15) is 6.61 Å². The lowest BCUT2D eigenvalue weighted by atomic mass is 9.77. The fourth-order valence-corrected chi connectivity index (χ4v) is 6.38. The van der Waals surface area contributed by atoms with Gasteiger partial charge in [0.15, 0.2) is 11.5 Å². The number of hydrogen-bond donors (Lipinski definition) is 1. The summed E-state index contributed by atoms with van der Waals surface area (Å²) in [7, 11) is 0. The number of hydrogen-bond acceptors (Lipinski definition) is 4. The smallest absolute Gasteiger partial charge is 0.180 e. The van der Waals surface area contributed by atoms with Gasteiger partial charge in [0, 0.05) is 33.4 Å². The number of ether oxygens (including phenoxy) is 2. The van der Waals surface area contributed by atoms with Crippen molar-refractivity contribution in [2.24, 2.45) is 10.9 Å². The Morgan fingerprint density at radius 2 is 1.76 bits per heavy atom. The molecule has 3 atom stereocenters. The highest BCUT2D eigenvalue weighted by molar-refractivity contribution is 6.35. The van der Waals surface area contributed by atoms with Gasteiger partial charge in [-0.1, -0.05) is 83.4 Å². The van der Waals surface area contributed by atoms with Crippen molar-refractivity contribution in [1.82, 2.24) is 0 Å². The van der Waals surface area contributed by atoms with E-state index in [0.29, 0.717) is 45.0 Å². The molecular weight excluding hydrogens is 575 g/mol. The lowest BCUT2D eigenvalue weighted by Gasteiger charge is -2.37. The minimum absolute atomic E-state index is 0.231. The van der Waals surface area contributed by atoms with Crippen LogP contribution in [0.15, 0.2) is 96.0 Å². The van der Waals surface area contributed by atoms with Crippen LogP contribution in [0.1, 0.15) is 47.6 Å². The number of nitrogens with one attached hydrogen (secondary N) is 1. The Morgan fingerprint density at radius 3 is 2.56 bits per heavy atom.